The topological polar surface area (TPSA) is 54.5 Å². The molecule has 3 aliphatic rings. The van der Waals surface area contributed by atoms with Gasteiger partial charge in [-0.3, -0.25) is 4.79 Å². The van der Waals surface area contributed by atoms with Gasteiger partial charge in [-0.1, -0.05) is 68.3 Å². The number of halogens is 8. The Bertz CT molecular complexity index is 1780. The monoisotopic (exact) mass is 685 g/mol. The highest BCUT2D eigenvalue weighted by Crippen LogP contribution is 2.65. The fourth-order valence-corrected chi connectivity index (χ4v) is 10.2. The second-order valence-electron chi connectivity index (χ2n) is 12.8. The molecule has 4 atom stereocenters. The lowest BCUT2D eigenvalue weighted by Gasteiger charge is -2.35. The van der Waals surface area contributed by atoms with Gasteiger partial charge >= 0.3 is 18.0 Å². The van der Waals surface area contributed by atoms with Gasteiger partial charge in [0.05, 0.1) is 16.4 Å². The van der Waals surface area contributed by atoms with E-state index in [4.69, 9.17) is 0 Å². The molecule has 0 spiro atoms. The number of hydrogen-bond acceptors (Lipinski definition) is 3. The van der Waals surface area contributed by atoms with Crippen LogP contribution in [-0.4, -0.2) is 44.2 Å². The summed E-state index contributed by atoms with van der Waals surface area (Å²) in [4.78, 5) is 15.7. The Labute approximate surface area is 266 Å². The van der Waals surface area contributed by atoms with Gasteiger partial charge in [-0.05, 0) is 72.6 Å². The number of carbonyl (C=O) groups is 1. The quantitative estimate of drug-likeness (QED) is 0.177. The van der Waals surface area contributed by atoms with Gasteiger partial charge in [0.2, 0.25) is 5.91 Å². The van der Waals surface area contributed by atoms with Crippen LogP contribution in [0.25, 0.3) is 0 Å². The van der Waals surface area contributed by atoms with E-state index in [-0.39, 0.29) is 40.8 Å². The van der Waals surface area contributed by atoms with Gasteiger partial charge < -0.3 is 4.90 Å². The van der Waals surface area contributed by atoms with Gasteiger partial charge in [0.25, 0.3) is 0 Å². The van der Waals surface area contributed by atoms with Gasteiger partial charge in [0.1, 0.15) is 10.6 Å². The predicted molar refractivity (Wildman–Crippen MR) is 156 cm³/mol. The van der Waals surface area contributed by atoms with Crippen molar-refractivity contribution in [1.82, 2.24) is 4.90 Å². The highest BCUT2D eigenvalue weighted by atomic mass is 32.2. The molecule has 3 aromatic carbocycles. The van der Waals surface area contributed by atoms with E-state index < -0.39 is 61.9 Å². The maximum Gasteiger partial charge on any atom is 0.435 e. The minimum Gasteiger partial charge on any atom is -0.337 e. The van der Waals surface area contributed by atoms with E-state index in [0.717, 1.165) is 42.3 Å². The number of rotatable bonds is 8. The van der Waals surface area contributed by atoms with Gasteiger partial charge in [0, 0.05) is 12.1 Å². The second-order valence-corrected chi connectivity index (χ2v) is 15.0. The Hall–Kier alpha value is -3.48. The summed E-state index contributed by atoms with van der Waals surface area (Å²) in [6.45, 7) is 1.92. The van der Waals surface area contributed by atoms with E-state index in [1.807, 2.05) is 37.3 Å². The smallest absolute Gasteiger partial charge is 0.337 e. The lowest BCUT2D eigenvalue weighted by molar-refractivity contribution is -0.348. The van der Waals surface area contributed by atoms with Crippen molar-refractivity contribution in [3.63, 3.8) is 0 Å². The molecule has 1 saturated carbocycles. The second kappa shape index (κ2) is 11.0. The molecular formula is C34H31F8NO3S. The van der Waals surface area contributed by atoms with Crippen molar-refractivity contribution < 1.29 is 48.3 Å². The zero-order valence-electron chi connectivity index (χ0n) is 25.1. The predicted octanol–water partition coefficient (Wildman–Crippen LogP) is 8.31. The summed E-state index contributed by atoms with van der Waals surface area (Å²) in [6.07, 6.45) is -10.9. The first-order chi connectivity index (χ1) is 22.0. The number of unbranched alkanes of at least 4 members (excludes halogenated alkanes) is 1. The molecule has 0 bridgehead atoms. The Kier molecular flexibility index (Phi) is 7.84. The van der Waals surface area contributed by atoms with E-state index in [2.05, 4.69) is 0 Å². The van der Waals surface area contributed by atoms with Crippen LogP contribution < -0.4 is 0 Å². The van der Waals surface area contributed by atoms with Crippen molar-refractivity contribution >= 4 is 15.7 Å². The molecule has 4 nitrogen and oxygen atoms in total. The van der Waals surface area contributed by atoms with E-state index in [1.54, 1.807) is 0 Å². The number of sulfone groups is 1. The van der Waals surface area contributed by atoms with Crippen molar-refractivity contribution in [3.8, 4) is 0 Å². The molecule has 1 heterocycles. The van der Waals surface area contributed by atoms with Crippen LogP contribution in [0.4, 0.5) is 35.1 Å². The van der Waals surface area contributed by atoms with Gasteiger partial charge in [-0.25, -0.2) is 17.2 Å². The first-order valence-electron chi connectivity index (χ1n) is 15.3. The molecule has 13 heteroatoms. The summed E-state index contributed by atoms with van der Waals surface area (Å²) < 4.78 is 138. The molecule has 1 saturated heterocycles. The van der Waals surface area contributed by atoms with E-state index >= 15 is 4.39 Å². The fourth-order valence-electron chi connectivity index (χ4n) is 7.89. The molecule has 4 unspecified atom stereocenters. The summed E-state index contributed by atoms with van der Waals surface area (Å²) in [7, 11) is -4.55. The fraction of sp³-hybridized carbons (Fsp3) is 0.441. The van der Waals surface area contributed by atoms with Gasteiger partial charge in [-0.2, -0.15) is 26.3 Å². The van der Waals surface area contributed by atoms with Crippen LogP contribution in [-0.2, 0) is 31.5 Å². The van der Waals surface area contributed by atoms with Crippen molar-refractivity contribution in [2.75, 3.05) is 6.54 Å². The molecule has 3 aromatic rings. The van der Waals surface area contributed by atoms with Crippen LogP contribution in [0.2, 0.25) is 0 Å². The Morgan fingerprint density at radius 3 is 2.15 bits per heavy atom. The number of amides is 1. The number of carbonyl (C=O) groups excluding carboxylic acids is 1. The normalized spacial score (nSPS) is 25.9. The summed E-state index contributed by atoms with van der Waals surface area (Å²) in [5.74, 6) is -1.22. The van der Waals surface area contributed by atoms with Crippen LogP contribution >= 0.6 is 0 Å². The largest absolute Gasteiger partial charge is 0.435 e. The maximum absolute atomic E-state index is 15.2. The Balaban J connectivity index is 1.48. The van der Waals surface area contributed by atoms with Crippen molar-refractivity contribution in [2.45, 2.75) is 85.1 Å². The van der Waals surface area contributed by atoms with E-state index in [9.17, 15) is 43.9 Å². The van der Waals surface area contributed by atoms with Crippen molar-refractivity contribution in [3.05, 3.63) is 101 Å². The number of alkyl halides is 7. The number of fused-ring (bicyclic) bond motifs is 3. The summed E-state index contributed by atoms with van der Waals surface area (Å²) >= 11 is 0. The molecule has 252 valence electrons. The van der Waals surface area contributed by atoms with Crippen LogP contribution in [0.15, 0.2) is 77.7 Å². The average molecular weight is 686 g/mol. The number of nitrogens with zero attached hydrogens (tertiary/aromatic N) is 1. The zero-order chi connectivity index (χ0) is 34.2. The highest BCUT2D eigenvalue weighted by Gasteiger charge is 2.74. The average Bonchev–Trinajstić information content (AvgIpc) is 3.49. The molecule has 1 amide bonds. The third kappa shape index (κ3) is 4.81. The van der Waals surface area contributed by atoms with Gasteiger partial charge in [-0.15, -0.1) is 0 Å². The molecule has 0 radical (unpaired) electrons. The first-order valence-corrected chi connectivity index (χ1v) is 16.8. The minimum atomic E-state index is -6.36. The van der Waals surface area contributed by atoms with Gasteiger partial charge in [0.15, 0.2) is 9.84 Å². The third-order valence-corrected chi connectivity index (χ3v) is 12.9. The molecule has 0 N–H and O–H groups in total. The van der Waals surface area contributed by atoms with Crippen LogP contribution in [0.5, 0.6) is 0 Å². The molecule has 2 aliphatic carbocycles. The molecule has 6 rings (SSSR count). The summed E-state index contributed by atoms with van der Waals surface area (Å²) in [6, 6.07) is 13.6. The van der Waals surface area contributed by atoms with Crippen LogP contribution in [0.1, 0.15) is 67.2 Å². The van der Waals surface area contributed by atoms with E-state index in [0.29, 0.717) is 31.4 Å². The zero-order valence-corrected chi connectivity index (χ0v) is 26.0. The summed E-state index contributed by atoms with van der Waals surface area (Å²) in [5, 5.41) is 0. The SMILES string of the molecule is CCCCC1(C(=O)N2CCC3(S(=O)(=O)c4ccc(F)cc4)c4ccc(C(F)(C(F)(F)F)C(F)(F)F)cc4CC23)CC1c1ccccc1. The Morgan fingerprint density at radius 1 is 0.915 bits per heavy atom. The lowest BCUT2D eigenvalue weighted by atomic mass is 9.89. The maximum atomic E-state index is 15.2. The third-order valence-electron chi connectivity index (χ3n) is 10.3. The molecule has 0 aromatic heterocycles. The highest BCUT2D eigenvalue weighted by molar-refractivity contribution is 7.92. The van der Waals surface area contributed by atoms with Crippen LogP contribution in [0, 0.1) is 11.2 Å². The molecular weight excluding hydrogens is 654 g/mol. The summed E-state index contributed by atoms with van der Waals surface area (Å²) in [5.41, 5.74) is -7.71. The van der Waals surface area contributed by atoms with E-state index in [1.165, 1.54) is 4.90 Å². The Morgan fingerprint density at radius 2 is 1.55 bits per heavy atom. The molecule has 2 fully saturated rings. The van der Waals surface area contributed by atoms with Crippen molar-refractivity contribution in [1.29, 1.82) is 0 Å². The number of likely N-dealkylation sites (tertiary alicyclic amines) is 1. The molecule has 1 aliphatic heterocycles. The number of hydrogen-bond donors (Lipinski definition) is 0. The first kappa shape index (κ1) is 33.4. The van der Waals surface area contributed by atoms with Crippen LogP contribution in [0.3, 0.4) is 0 Å². The molecule has 47 heavy (non-hydrogen) atoms. The lowest BCUT2D eigenvalue weighted by Crippen LogP contribution is -2.50. The standard InChI is InChI=1S/C34H31F8NO3S/c1-2-3-15-30(20-27(30)21-7-5-4-6-8-21)29(44)43-17-16-31(47(45,46)25-12-10-24(35)11-13-25)26-14-9-23(18-22(26)19-28(31)43)32(36,33(37,38)39)34(40,41)42/h4-14,18,27-28H,2-3,15-17,19-20H2,1H3. The number of benzene rings is 3. The minimum absolute atomic E-state index is 0.0430. The van der Waals surface area contributed by atoms with Crippen molar-refractivity contribution in [2.24, 2.45) is 5.41 Å².